The van der Waals surface area contributed by atoms with Gasteiger partial charge in [0, 0.05) is 28.4 Å². The zero-order chi connectivity index (χ0) is 12.1. The maximum Gasteiger partial charge on any atom is 0.119 e. The molecule has 1 aliphatic rings. The molecule has 0 saturated carbocycles. The molecule has 17 heavy (non-hydrogen) atoms. The van der Waals surface area contributed by atoms with Crippen LogP contribution in [0, 0.1) is 5.41 Å². The lowest BCUT2D eigenvalue weighted by atomic mass is 9.83. The minimum Gasteiger partial charge on any atom is -0.493 e. The van der Waals surface area contributed by atoms with E-state index in [4.69, 9.17) is 9.47 Å². The van der Waals surface area contributed by atoms with E-state index in [1.165, 1.54) is 0 Å². The smallest absolute Gasteiger partial charge is 0.119 e. The molecule has 2 rings (SSSR count). The summed E-state index contributed by atoms with van der Waals surface area (Å²) >= 11 is 7.03. The van der Waals surface area contributed by atoms with Crippen LogP contribution in [-0.2, 0) is 4.74 Å². The predicted octanol–water partition coefficient (Wildman–Crippen LogP) is 4.02. The van der Waals surface area contributed by atoms with Crippen molar-refractivity contribution in [2.75, 3.05) is 25.2 Å². The van der Waals surface area contributed by atoms with E-state index in [9.17, 15) is 0 Å². The molecule has 0 aromatic heterocycles. The number of hydrogen-bond donors (Lipinski definition) is 0. The van der Waals surface area contributed by atoms with Crippen molar-refractivity contribution in [1.29, 1.82) is 0 Å². The summed E-state index contributed by atoms with van der Waals surface area (Å²) in [6.45, 7) is 2.44. The summed E-state index contributed by atoms with van der Waals surface area (Å²) in [5.74, 6) is 0.931. The number of halogens is 2. The van der Waals surface area contributed by atoms with Gasteiger partial charge in [-0.15, -0.1) is 0 Å². The molecular weight excluding hydrogens is 348 g/mol. The van der Waals surface area contributed by atoms with Crippen LogP contribution < -0.4 is 4.74 Å². The summed E-state index contributed by atoms with van der Waals surface area (Å²) in [5, 5.41) is 0.972. The first-order valence-electron chi connectivity index (χ1n) is 5.76. The number of alkyl halides is 1. The van der Waals surface area contributed by atoms with Crippen LogP contribution in [0.25, 0.3) is 0 Å². The molecule has 0 amide bonds. The molecule has 94 valence electrons. The second-order valence-corrected chi connectivity index (χ2v) is 5.97. The molecular formula is C13H16Br2O2. The van der Waals surface area contributed by atoms with Crippen molar-refractivity contribution in [3.05, 3.63) is 28.7 Å². The summed E-state index contributed by atoms with van der Waals surface area (Å²) in [5.41, 5.74) is 0.228. The molecule has 4 heteroatoms. The van der Waals surface area contributed by atoms with Crippen molar-refractivity contribution in [3.8, 4) is 5.75 Å². The van der Waals surface area contributed by atoms with Crippen LogP contribution in [0.15, 0.2) is 28.7 Å². The van der Waals surface area contributed by atoms with Crippen molar-refractivity contribution >= 4 is 31.9 Å². The average molecular weight is 364 g/mol. The minimum absolute atomic E-state index is 0.228. The summed E-state index contributed by atoms with van der Waals surface area (Å²) in [7, 11) is 0. The van der Waals surface area contributed by atoms with Gasteiger partial charge >= 0.3 is 0 Å². The zero-order valence-electron chi connectivity index (χ0n) is 9.62. The lowest BCUT2D eigenvalue weighted by Crippen LogP contribution is -2.36. The van der Waals surface area contributed by atoms with Gasteiger partial charge < -0.3 is 9.47 Å². The van der Waals surface area contributed by atoms with Crippen LogP contribution in [-0.4, -0.2) is 25.2 Å². The Morgan fingerprint density at radius 2 is 1.82 bits per heavy atom. The summed E-state index contributed by atoms with van der Waals surface area (Å²) in [4.78, 5) is 0. The minimum atomic E-state index is 0.228. The molecule has 1 aromatic carbocycles. The molecule has 1 aromatic rings. The van der Waals surface area contributed by atoms with Gasteiger partial charge in [0.1, 0.15) is 5.75 Å². The van der Waals surface area contributed by atoms with Crippen molar-refractivity contribution in [1.82, 2.24) is 0 Å². The summed E-state index contributed by atoms with van der Waals surface area (Å²) in [6, 6.07) is 7.98. The van der Waals surface area contributed by atoms with E-state index in [0.29, 0.717) is 0 Å². The second kappa shape index (κ2) is 6.21. The Hall–Kier alpha value is -0.0600. The molecule has 0 aliphatic carbocycles. The van der Waals surface area contributed by atoms with E-state index < -0.39 is 0 Å². The Morgan fingerprint density at radius 3 is 2.41 bits per heavy atom. The molecule has 1 aliphatic heterocycles. The fourth-order valence-electron chi connectivity index (χ4n) is 1.89. The van der Waals surface area contributed by atoms with Gasteiger partial charge in [-0.05, 0) is 37.1 Å². The quantitative estimate of drug-likeness (QED) is 0.752. The van der Waals surface area contributed by atoms with Crippen molar-refractivity contribution in [2.24, 2.45) is 5.41 Å². The largest absolute Gasteiger partial charge is 0.493 e. The third kappa shape index (κ3) is 3.70. The van der Waals surface area contributed by atoms with Crippen LogP contribution in [0.5, 0.6) is 5.75 Å². The molecule has 0 N–H and O–H groups in total. The highest BCUT2D eigenvalue weighted by Crippen LogP contribution is 2.33. The molecule has 0 spiro atoms. The van der Waals surface area contributed by atoms with Crippen LogP contribution in [0.4, 0.5) is 0 Å². The summed E-state index contributed by atoms with van der Waals surface area (Å²) < 4.78 is 12.4. The highest BCUT2D eigenvalue weighted by atomic mass is 79.9. The standard InChI is InChI=1S/C13H16Br2O2/c14-9-13(5-7-16-8-6-13)10-17-12-3-1-11(15)2-4-12/h1-4H,5-10H2. The van der Waals surface area contributed by atoms with E-state index >= 15 is 0 Å². The predicted molar refractivity (Wildman–Crippen MR) is 75.9 cm³/mol. The van der Waals surface area contributed by atoms with E-state index in [1.807, 2.05) is 24.3 Å². The SMILES string of the molecule is BrCC1(COc2ccc(Br)cc2)CCOCC1. The van der Waals surface area contributed by atoms with E-state index in [-0.39, 0.29) is 5.41 Å². The monoisotopic (exact) mass is 362 g/mol. The van der Waals surface area contributed by atoms with E-state index in [1.54, 1.807) is 0 Å². The van der Waals surface area contributed by atoms with Gasteiger partial charge in [-0.3, -0.25) is 0 Å². The normalized spacial score (nSPS) is 18.9. The molecule has 0 bridgehead atoms. The van der Waals surface area contributed by atoms with Crippen molar-refractivity contribution in [3.63, 3.8) is 0 Å². The highest BCUT2D eigenvalue weighted by Gasteiger charge is 2.32. The lowest BCUT2D eigenvalue weighted by molar-refractivity contribution is 0.00354. The molecule has 0 atom stereocenters. The number of benzene rings is 1. The van der Waals surface area contributed by atoms with Gasteiger partial charge in [0.2, 0.25) is 0 Å². The fourth-order valence-corrected chi connectivity index (χ4v) is 2.88. The Kier molecular flexibility index (Phi) is 4.88. The molecule has 0 radical (unpaired) electrons. The second-order valence-electron chi connectivity index (χ2n) is 4.49. The first-order chi connectivity index (χ1) is 8.24. The third-order valence-corrected chi connectivity index (χ3v) is 4.91. The van der Waals surface area contributed by atoms with Crippen LogP contribution in [0.2, 0.25) is 0 Å². The average Bonchev–Trinajstić information content (AvgIpc) is 2.39. The van der Waals surface area contributed by atoms with Gasteiger partial charge in [-0.1, -0.05) is 31.9 Å². The highest BCUT2D eigenvalue weighted by molar-refractivity contribution is 9.10. The first-order valence-corrected chi connectivity index (χ1v) is 7.68. The lowest BCUT2D eigenvalue weighted by Gasteiger charge is -2.35. The number of hydrogen-bond acceptors (Lipinski definition) is 2. The van der Waals surface area contributed by atoms with E-state index in [2.05, 4.69) is 31.9 Å². The third-order valence-electron chi connectivity index (χ3n) is 3.20. The fraction of sp³-hybridized carbons (Fsp3) is 0.538. The topological polar surface area (TPSA) is 18.5 Å². The van der Waals surface area contributed by atoms with Crippen LogP contribution >= 0.6 is 31.9 Å². The molecule has 1 heterocycles. The summed E-state index contributed by atoms with van der Waals surface area (Å²) in [6.07, 6.45) is 2.13. The zero-order valence-corrected chi connectivity index (χ0v) is 12.8. The molecule has 1 fully saturated rings. The van der Waals surface area contributed by atoms with Gasteiger partial charge in [0.25, 0.3) is 0 Å². The van der Waals surface area contributed by atoms with Gasteiger partial charge in [-0.2, -0.15) is 0 Å². The molecule has 2 nitrogen and oxygen atoms in total. The molecule has 0 unspecified atom stereocenters. The number of rotatable bonds is 4. The van der Waals surface area contributed by atoms with Crippen LogP contribution in [0.1, 0.15) is 12.8 Å². The Morgan fingerprint density at radius 1 is 1.18 bits per heavy atom. The maximum absolute atomic E-state index is 5.89. The van der Waals surface area contributed by atoms with Crippen LogP contribution in [0.3, 0.4) is 0 Å². The Balaban J connectivity index is 1.93. The van der Waals surface area contributed by atoms with Gasteiger partial charge in [-0.25, -0.2) is 0 Å². The Bertz CT molecular complexity index is 345. The number of ether oxygens (including phenoxy) is 2. The van der Waals surface area contributed by atoms with Crippen molar-refractivity contribution < 1.29 is 9.47 Å². The first kappa shape index (κ1) is 13.4. The maximum atomic E-state index is 5.89. The molecule has 1 saturated heterocycles. The van der Waals surface area contributed by atoms with Gasteiger partial charge in [0.05, 0.1) is 6.61 Å². The Labute approximate surface area is 119 Å². The van der Waals surface area contributed by atoms with Gasteiger partial charge in [0.15, 0.2) is 0 Å². The van der Waals surface area contributed by atoms with E-state index in [0.717, 1.165) is 48.2 Å². The van der Waals surface area contributed by atoms with Crippen molar-refractivity contribution in [2.45, 2.75) is 12.8 Å².